The lowest BCUT2D eigenvalue weighted by Crippen LogP contribution is -2.10. The van der Waals surface area contributed by atoms with Crippen LogP contribution in [-0.2, 0) is 6.42 Å². The van der Waals surface area contributed by atoms with Crippen molar-refractivity contribution in [3.05, 3.63) is 35.3 Å². The second-order valence-corrected chi connectivity index (χ2v) is 4.99. The molecule has 0 unspecified atom stereocenters. The molecule has 0 amide bonds. The molecule has 4 heteroatoms. The molecule has 0 atom stereocenters. The number of rotatable bonds is 3. The van der Waals surface area contributed by atoms with E-state index < -0.39 is 0 Å². The summed E-state index contributed by atoms with van der Waals surface area (Å²) in [5.74, 6) is 5.69. The Bertz CT molecular complexity index is 579. The van der Waals surface area contributed by atoms with Crippen LogP contribution >= 0.6 is 0 Å². The predicted octanol–water partition coefficient (Wildman–Crippen LogP) is 3.17. The Morgan fingerprint density at radius 2 is 2.11 bits per heavy atom. The number of hydrogen-bond acceptors (Lipinski definition) is 3. The van der Waals surface area contributed by atoms with Crippen molar-refractivity contribution in [1.82, 2.24) is 4.98 Å². The molecule has 3 N–H and O–H groups in total. The highest BCUT2D eigenvalue weighted by molar-refractivity contribution is 5.94. The average molecular weight is 247 g/mol. The molecule has 3 nitrogen and oxygen atoms in total. The Labute approximate surface area is 106 Å². The molecule has 96 valence electrons. The van der Waals surface area contributed by atoms with E-state index in [2.05, 4.69) is 24.3 Å². The van der Waals surface area contributed by atoms with Crippen molar-refractivity contribution < 1.29 is 4.39 Å². The summed E-state index contributed by atoms with van der Waals surface area (Å²) >= 11 is 0. The normalized spacial score (nSPS) is 11.2. The SMILES string of the molecule is Cc1ccc(F)c2nc(CC(C)C)cc(NN)c12. The molecule has 0 saturated heterocycles. The smallest absolute Gasteiger partial charge is 0.149 e. The first-order valence-electron chi connectivity index (χ1n) is 6.08. The summed E-state index contributed by atoms with van der Waals surface area (Å²) < 4.78 is 13.9. The van der Waals surface area contributed by atoms with E-state index in [0.29, 0.717) is 11.4 Å². The number of hydrogen-bond donors (Lipinski definition) is 2. The van der Waals surface area contributed by atoms with Crippen LogP contribution in [0.4, 0.5) is 10.1 Å². The number of nitrogens with zero attached hydrogens (tertiary/aromatic N) is 1. The van der Waals surface area contributed by atoms with Crippen LogP contribution in [0.1, 0.15) is 25.1 Å². The summed E-state index contributed by atoms with van der Waals surface area (Å²) in [4.78, 5) is 4.41. The van der Waals surface area contributed by atoms with Crippen LogP contribution in [0.3, 0.4) is 0 Å². The van der Waals surface area contributed by atoms with E-state index in [4.69, 9.17) is 5.84 Å². The minimum absolute atomic E-state index is 0.308. The maximum Gasteiger partial charge on any atom is 0.149 e. The summed E-state index contributed by atoms with van der Waals surface area (Å²) in [7, 11) is 0. The van der Waals surface area contributed by atoms with Crippen molar-refractivity contribution in [2.24, 2.45) is 11.8 Å². The molecule has 1 heterocycles. The van der Waals surface area contributed by atoms with Gasteiger partial charge in [0.15, 0.2) is 0 Å². The van der Waals surface area contributed by atoms with Gasteiger partial charge in [0.25, 0.3) is 0 Å². The Balaban J connectivity index is 2.71. The van der Waals surface area contributed by atoms with Gasteiger partial charge in [-0.1, -0.05) is 19.9 Å². The second-order valence-electron chi connectivity index (χ2n) is 4.99. The topological polar surface area (TPSA) is 50.9 Å². The standard InChI is InChI=1S/C14H18FN3/c1-8(2)6-10-7-12(18-16)13-9(3)4-5-11(15)14(13)17-10/h4-5,7-8H,6,16H2,1-3H3,(H,17,18). The van der Waals surface area contributed by atoms with Crippen molar-refractivity contribution in [3.63, 3.8) is 0 Å². The molecule has 0 spiro atoms. The number of nitrogen functional groups attached to an aromatic ring is 1. The van der Waals surface area contributed by atoms with Crippen molar-refractivity contribution in [3.8, 4) is 0 Å². The Morgan fingerprint density at radius 1 is 1.39 bits per heavy atom. The van der Waals surface area contributed by atoms with E-state index in [1.54, 1.807) is 6.07 Å². The fourth-order valence-corrected chi connectivity index (χ4v) is 2.17. The third-order valence-electron chi connectivity index (χ3n) is 2.95. The number of pyridine rings is 1. The fourth-order valence-electron chi connectivity index (χ4n) is 2.17. The molecule has 1 aromatic heterocycles. The van der Waals surface area contributed by atoms with E-state index in [-0.39, 0.29) is 5.82 Å². The highest BCUT2D eigenvalue weighted by atomic mass is 19.1. The number of aromatic nitrogens is 1. The number of nitrogens with two attached hydrogens (primary N) is 1. The largest absolute Gasteiger partial charge is 0.323 e. The molecule has 2 aromatic rings. The van der Waals surface area contributed by atoms with Crippen molar-refractivity contribution in [1.29, 1.82) is 0 Å². The lowest BCUT2D eigenvalue weighted by Gasteiger charge is -2.12. The number of hydrazine groups is 1. The number of halogens is 1. The molecule has 0 aliphatic heterocycles. The first-order valence-corrected chi connectivity index (χ1v) is 6.08. The van der Waals surface area contributed by atoms with E-state index in [0.717, 1.165) is 28.8 Å². The summed E-state index contributed by atoms with van der Waals surface area (Å²) in [5, 5.41) is 0.755. The van der Waals surface area contributed by atoms with Gasteiger partial charge in [-0.15, -0.1) is 0 Å². The molecule has 18 heavy (non-hydrogen) atoms. The Kier molecular flexibility index (Phi) is 3.48. The van der Waals surface area contributed by atoms with Crippen molar-refractivity contribution >= 4 is 16.6 Å². The third kappa shape index (κ3) is 2.29. The second kappa shape index (κ2) is 4.90. The number of fused-ring (bicyclic) bond motifs is 1. The van der Waals surface area contributed by atoms with E-state index in [9.17, 15) is 4.39 Å². The molecular weight excluding hydrogens is 229 g/mol. The quantitative estimate of drug-likeness (QED) is 0.647. The molecule has 0 bridgehead atoms. The van der Waals surface area contributed by atoms with Crippen LogP contribution in [0.5, 0.6) is 0 Å². The summed E-state index contributed by atoms with van der Waals surface area (Å²) in [6.45, 7) is 6.13. The first kappa shape index (κ1) is 12.8. The van der Waals surface area contributed by atoms with Crippen LogP contribution in [0.15, 0.2) is 18.2 Å². The first-order chi connectivity index (χ1) is 8.52. The van der Waals surface area contributed by atoms with Gasteiger partial charge in [0.05, 0.1) is 5.69 Å². The lowest BCUT2D eigenvalue weighted by molar-refractivity contribution is 0.625. The van der Waals surface area contributed by atoms with Crippen molar-refractivity contribution in [2.75, 3.05) is 5.43 Å². The average Bonchev–Trinajstić information content (AvgIpc) is 2.32. The molecule has 1 aromatic carbocycles. The number of benzene rings is 1. The molecule has 0 aliphatic carbocycles. The summed E-state index contributed by atoms with van der Waals surface area (Å²) in [5.41, 5.74) is 5.58. The zero-order valence-electron chi connectivity index (χ0n) is 10.9. The highest BCUT2D eigenvalue weighted by Crippen LogP contribution is 2.28. The van der Waals surface area contributed by atoms with E-state index >= 15 is 0 Å². The maximum atomic E-state index is 13.9. The van der Waals surface area contributed by atoms with Crippen molar-refractivity contribution in [2.45, 2.75) is 27.2 Å². The molecule has 0 fully saturated rings. The van der Waals surface area contributed by atoms with E-state index in [1.165, 1.54) is 6.07 Å². The van der Waals surface area contributed by atoms with Gasteiger partial charge in [0.1, 0.15) is 11.3 Å². The minimum atomic E-state index is -0.308. The Morgan fingerprint density at radius 3 is 2.72 bits per heavy atom. The Hall–Kier alpha value is -1.68. The fraction of sp³-hybridized carbons (Fsp3) is 0.357. The van der Waals surface area contributed by atoms with Crippen LogP contribution in [0, 0.1) is 18.7 Å². The van der Waals surface area contributed by atoms with Gasteiger partial charge in [0, 0.05) is 11.1 Å². The van der Waals surface area contributed by atoms with Gasteiger partial charge in [-0.2, -0.15) is 0 Å². The molecule has 2 rings (SSSR count). The van der Waals surface area contributed by atoms with Gasteiger partial charge in [-0.3, -0.25) is 5.84 Å². The van der Waals surface area contributed by atoms with Crippen LogP contribution in [-0.4, -0.2) is 4.98 Å². The lowest BCUT2D eigenvalue weighted by atomic mass is 10.0. The van der Waals surface area contributed by atoms with E-state index in [1.807, 2.05) is 13.0 Å². The van der Waals surface area contributed by atoms with Gasteiger partial charge in [-0.05, 0) is 37.0 Å². The van der Waals surface area contributed by atoms with Gasteiger partial charge >= 0.3 is 0 Å². The van der Waals surface area contributed by atoms with Gasteiger partial charge < -0.3 is 5.43 Å². The zero-order valence-corrected chi connectivity index (χ0v) is 10.9. The summed E-state index contributed by atoms with van der Waals surface area (Å²) in [6, 6.07) is 5.08. The molecular formula is C14H18FN3. The van der Waals surface area contributed by atoms with Crippen LogP contribution in [0.25, 0.3) is 10.9 Å². The minimum Gasteiger partial charge on any atom is -0.323 e. The highest BCUT2D eigenvalue weighted by Gasteiger charge is 2.12. The third-order valence-corrected chi connectivity index (χ3v) is 2.95. The number of nitrogens with one attached hydrogen (secondary N) is 1. The van der Waals surface area contributed by atoms with Crippen LogP contribution in [0.2, 0.25) is 0 Å². The number of anilines is 1. The predicted molar refractivity (Wildman–Crippen MR) is 72.8 cm³/mol. The zero-order chi connectivity index (χ0) is 13.3. The molecule has 0 aliphatic rings. The van der Waals surface area contributed by atoms with Crippen LogP contribution < -0.4 is 11.3 Å². The number of aryl methyl sites for hydroxylation is 1. The summed E-state index contributed by atoms with van der Waals surface area (Å²) in [6.07, 6.45) is 0.804. The maximum absolute atomic E-state index is 13.9. The molecule has 0 radical (unpaired) electrons. The molecule has 0 saturated carbocycles. The monoisotopic (exact) mass is 247 g/mol. The van der Waals surface area contributed by atoms with Gasteiger partial charge in [0.2, 0.25) is 0 Å². The van der Waals surface area contributed by atoms with Gasteiger partial charge in [-0.25, -0.2) is 9.37 Å².